The van der Waals surface area contributed by atoms with E-state index in [4.69, 9.17) is 48.4 Å². The van der Waals surface area contributed by atoms with Crippen LogP contribution in [0.15, 0.2) is 92.6 Å². The summed E-state index contributed by atoms with van der Waals surface area (Å²) in [4.78, 5) is 35.4. The molecule has 0 unspecified atom stereocenters. The molecule has 212 valence electrons. The molecule has 0 aliphatic heterocycles. The number of anilines is 3. The molecular formula is C27H21Cl3N3O7P. The molecular weight excluding hydrogens is 616 g/mol. The first-order chi connectivity index (χ1) is 19.4. The number of phosphoric ester groups is 1. The predicted octanol–water partition coefficient (Wildman–Crippen LogP) is 7.67. The third kappa shape index (κ3) is 8.89. The van der Waals surface area contributed by atoms with E-state index in [0.29, 0.717) is 0 Å². The maximum Gasteiger partial charge on any atom is 0.647 e. The van der Waals surface area contributed by atoms with Gasteiger partial charge in [-0.2, -0.15) is 4.57 Å². The molecule has 0 spiro atoms. The van der Waals surface area contributed by atoms with E-state index >= 15 is 0 Å². The van der Waals surface area contributed by atoms with Gasteiger partial charge in [0, 0.05) is 18.2 Å². The van der Waals surface area contributed by atoms with Crippen LogP contribution >= 0.6 is 42.6 Å². The van der Waals surface area contributed by atoms with Crippen LogP contribution in [0, 0.1) is 0 Å². The number of rotatable bonds is 12. The third-order valence-corrected chi connectivity index (χ3v) is 7.09. The summed E-state index contributed by atoms with van der Waals surface area (Å²) in [5, 5.41) is 7.95. The van der Waals surface area contributed by atoms with E-state index < -0.39 is 25.5 Å². The highest BCUT2D eigenvalue weighted by molar-refractivity contribution is 7.49. The number of halogens is 3. The van der Waals surface area contributed by atoms with E-state index in [1.54, 1.807) is 0 Å². The van der Waals surface area contributed by atoms with Gasteiger partial charge in [0.1, 0.15) is 17.2 Å². The van der Waals surface area contributed by atoms with Crippen molar-refractivity contribution >= 4 is 77.4 Å². The summed E-state index contributed by atoms with van der Waals surface area (Å²) in [5.74, 6) is -1.86. The van der Waals surface area contributed by atoms with Gasteiger partial charge < -0.3 is 29.5 Å². The highest BCUT2D eigenvalue weighted by Crippen LogP contribution is 2.51. The Morgan fingerprint density at radius 2 is 0.854 bits per heavy atom. The van der Waals surface area contributed by atoms with Crippen molar-refractivity contribution in [2.45, 2.75) is 0 Å². The van der Waals surface area contributed by atoms with Crippen molar-refractivity contribution in [3.05, 3.63) is 108 Å². The molecule has 10 nitrogen and oxygen atoms in total. The van der Waals surface area contributed by atoms with Gasteiger partial charge in [0.05, 0.1) is 32.1 Å². The molecule has 0 radical (unpaired) electrons. The monoisotopic (exact) mass is 635 g/mol. The highest BCUT2D eigenvalue weighted by atomic mass is 35.5. The van der Waals surface area contributed by atoms with Crippen LogP contribution < -0.4 is 29.5 Å². The summed E-state index contributed by atoms with van der Waals surface area (Å²) < 4.78 is 31.1. The van der Waals surface area contributed by atoms with Crippen LogP contribution in [0.2, 0.25) is 15.1 Å². The fourth-order valence-corrected chi connectivity index (χ4v) is 4.69. The zero-order valence-electron chi connectivity index (χ0n) is 21.0. The van der Waals surface area contributed by atoms with Gasteiger partial charge in [-0.05, 0) is 54.6 Å². The molecule has 0 atom stereocenters. The average molecular weight is 637 g/mol. The van der Waals surface area contributed by atoms with Crippen molar-refractivity contribution in [2.75, 3.05) is 16.0 Å². The van der Waals surface area contributed by atoms with E-state index in [1.807, 2.05) is 0 Å². The molecule has 0 saturated carbocycles. The zero-order chi connectivity index (χ0) is 30.2. The Kier molecular flexibility index (Phi) is 10.6. The summed E-state index contributed by atoms with van der Waals surface area (Å²) in [5.41, 5.74) is 0.382. The van der Waals surface area contributed by atoms with Gasteiger partial charge >= 0.3 is 7.82 Å². The average Bonchev–Trinajstić information content (AvgIpc) is 2.93. The van der Waals surface area contributed by atoms with Gasteiger partial charge in [-0.25, -0.2) is 0 Å². The van der Waals surface area contributed by atoms with Crippen molar-refractivity contribution in [1.29, 1.82) is 0 Å². The summed E-state index contributed by atoms with van der Waals surface area (Å²) in [6, 6.07) is 12.1. The Bertz CT molecular complexity index is 1410. The summed E-state index contributed by atoms with van der Waals surface area (Å²) in [6.07, 6.45) is 3.11. The van der Waals surface area contributed by atoms with E-state index in [2.05, 4.69) is 35.7 Å². The maximum atomic E-state index is 14.1. The van der Waals surface area contributed by atoms with E-state index in [0.717, 1.165) is 18.2 Å². The number of carbonyl (C=O) groups excluding carboxylic acids is 3. The van der Waals surface area contributed by atoms with Crippen molar-refractivity contribution in [1.82, 2.24) is 0 Å². The Balaban J connectivity index is 2.03. The maximum absolute atomic E-state index is 14.1. The molecule has 0 fully saturated rings. The first-order valence-corrected chi connectivity index (χ1v) is 13.9. The number of nitrogens with one attached hydrogen (secondary N) is 3. The molecule has 0 saturated heterocycles. The molecule has 0 aromatic heterocycles. The smallest absolute Gasteiger partial charge is 0.386 e. The minimum atomic E-state index is -4.64. The topological polar surface area (TPSA) is 132 Å². The van der Waals surface area contributed by atoms with Crippen LogP contribution in [-0.2, 0) is 18.9 Å². The standard InChI is InChI=1S/C27H21Cl3N3O7P/c1-4-25(34)31-22-13-16(7-10-19(22)28)38-41(37,39-17-8-11-20(29)23(14-17)32-26(35)5-2)40-18-9-12-21(30)24(15-18)33-27(36)6-3/h4-15H,1-3H2,(H,31,34)(H,32,35)(H,33,36). The summed E-state index contributed by atoms with van der Waals surface area (Å²) >= 11 is 18.5. The third-order valence-electron chi connectivity index (χ3n) is 4.79. The molecule has 0 aliphatic rings. The molecule has 0 aliphatic carbocycles. The van der Waals surface area contributed by atoms with Crippen molar-refractivity contribution < 1.29 is 32.5 Å². The molecule has 41 heavy (non-hydrogen) atoms. The number of hydrogen-bond donors (Lipinski definition) is 3. The van der Waals surface area contributed by atoms with Crippen molar-refractivity contribution in [3.8, 4) is 17.2 Å². The Hall–Kier alpha value is -4.21. The van der Waals surface area contributed by atoms with Crippen LogP contribution in [0.3, 0.4) is 0 Å². The minimum absolute atomic E-state index is 0.0691. The lowest BCUT2D eigenvalue weighted by Gasteiger charge is -2.21. The van der Waals surface area contributed by atoms with Gasteiger partial charge in [0.25, 0.3) is 0 Å². The SMILES string of the molecule is C=CC(=O)Nc1cc(OP(=O)(Oc2ccc(Cl)c(NC(=O)C=C)c2)Oc2ccc(Cl)c(NC(=O)C=C)c2)ccc1Cl. The second-order valence-electron chi connectivity index (χ2n) is 7.73. The van der Waals surface area contributed by atoms with Crippen LogP contribution in [0.1, 0.15) is 0 Å². The molecule has 14 heteroatoms. The molecule has 3 aromatic carbocycles. The molecule has 3 N–H and O–H groups in total. The lowest BCUT2D eigenvalue weighted by atomic mass is 10.3. The van der Waals surface area contributed by atoms with E-state index in [-0.39, 0.29) is 49.4 Å². The van der Waals surface area contributed by atoms with Gasteiger partial charge in [0.15, 0.2) is 0 Å². The quantitative estimate of drug-likeness (QED) is 0.137. The Labute approximate surface area is 250 Å². The number of amides is 3. The second-order valence-corrected chi connectivity index (χ2v) is 10.4. The fourth-order valence-electron chi connectivity index (χ4n) is 2.97. The molecule has 3 rings (SSSR count). The highest BCUT2D eigenvalue weighted by Gasteiger charge is 2.34. The number of benzene rings is 3. The van der Waals surface area contributed by atoms with Crippen molar-refractivity contribution in [3.63, 3.8) is 0 Å². The fraction of sp³-hybridized carbons (Fsp3) is 0. The minimum Gasteiger partial charge on any atom is -0.386 e. The number of phosphoric acid groups is 1. The lowest BCUT2D eigenvalue weighted by molar-refractivity contribution is -0.112. The van der Waals surface area contributed by atoms with Crippen LogP contribution in [0.4, 0.5) is 17.1 Å². The largest absolute Gasteiger partial charge is 0.647 e. The van der Waals surface area contributed by atoms with Gasteiger partial charge in [-0.15, -0.1) is 0 Å². The van der Waals surface area contributed by atoms with Gasteiger partial charge in [-0.1, -0.05) is 54.5 Å². The number of carbonyl (C=O) groups is 3. The van der Waals surface area contributed by atoms with Gasteiger partial charge in [0.2, 0.25) is 17.7 Å². The summed E-state index contributed by atoms with van der Waals surface area (Å²) in [6.45, 7) is 10.1. The Morgan fingerprint density at radius 1 is 0.585 bits per heavy atom. The number of hydrogen-bond acceptors (Lipinski definition) is 7. The molecule has 0 heterocycles. The first kappa shape index (κ1) is 31.3. The first-order valence-electron chi connectivity index (χ1n) is 11.3. The normalized spacial score (nSPS) is 10.5. The second kappa shape index (κ2) is 13.9. The van der Waals surface area contributed by atoms with Crippen LogP contribution in [-0.4, -0.2) is 17.7 Å². The molecule has 3 aromatic rings. The molecule has 0 bridgehead atoms. The Morgan fingerprint density at radius 3 is 1.10 bits per heavy atom. The lowest BCUT2D eigenvalue weighted by Crippen LogP contribution is -2.11. The van der Waals surface area contributed by atoms with E-state index in [9.17, 15) is 18.9 Å². The van der Waals surface area contributed by atoms with Crippen molar-refractivity contribution in [2.24, 2.45) is 0 Å². The zero-order valence-corrected chi connectivity index (χ0v) is 24.2. The predicted molar refractivity (Wildman–Crippen MR) is 160 cm³/mol. The molecule has 3 amide bonds. The van der Waals surface area contributed by atoms with E-state index in [1.165, 1.54) is 54.6 Å². The van der Waals surface area contributed by atoms with Crippen LogP contribution in [0.25, 0.3) is 0 Å². The summed E-state index contributed by atoms with van der Waals surface area (Å²) in [7, 11) is -4.64. The van der Waals surface area contributed by atoms with Crippen LogP contribution in [0.5, 0.6) is 17.2 Å². The van der Waals surface area contributed by atoms with Gasteiger partial charge in [-0.3, -0.25) is 14.4 Å².